The van der Waals surface area contributed by atoms with Crippen LogP contribution in [0.3, 0.4) is 0 Å². The van der Waals surface area contributed by atoms with Gasteiger partial charge in [0, 0.05) is 23.2 Å². The number of aromatic amines is 2. The molecule has 0 unspecified atom stereocenters. The van der Waals surface area contributed by atoms with Crippen LogP contribution in [-0.4, -0.2) is 22.1 Å². The van der Waals surface area contributed by atoms with Gasteiger partial charge in [-0.3, -0.25) is 9.59 Å². The molecular formula is C21H16ClFN4O3S. The number of nitrogens with one attached hydrogen (secondary N) is 3. The van der Waals surface area contributed by atoms with Crippen molar-refractivity contribution < 1.29 is 9.13 Å². The number of hydrogen-bond donors (Lipinski definition) is 3. The maximum atomic E-state index is 14.0. The Morgan fingerprint density at radius 1 is 1.10 bits per heavy atom. The molecule has 0 amide bonds. The van der Waals surface area contributed by atoms with E-state index in [9.17, 15) is 14.0 Å². The quantitative estimate of drug-likeness (QED) is 0.300. The summed E-state index contributed by atoms with van der Waals surface area (Å²) in [6.07, 6.45) is 0. The van der Waals surface area contributed by atoms with Crippen LogP contribution in [0, 0.1) is 12.7 Å². The minimum Gasteiger partial charge on any atom is -0.494 e. The summed E-state index contributed by atoms with van der Waals surface area (Å²) in [5.74, 6) is -0.302. The van der Waals surface area contributed by atoms with Crippen LogP contribution in [0.5, 0.6) is 5.75 Å². The molecule has 2 heterocycles. The van der Waals surface area contributed by atoms with Crippen LogP contribution in [0.25, 0.3) is 22.3 Å². The average molecular weight is 459 g/mol. The number of nitrogens with zero attached hydrogens (tertiary/aromatic N) is 1. The third-order valence-electron chi connectivity index (χ3n) is 4.55. The Bertz CT molecular complexity index is 1420. The molecule has 0 fully saturated rings. The van der Waals surface area contributed by atoms with E-state index in [1.807, 2.05) is 13.0 Å². The van der Waals surface area contributed by atoms with Gasteiger partial charge in [-0.1, -0.05) is 23.7 Å². The van der Waals surface area contributed by atoms with E-state index in [1.54, 1.807) is 30.3 Å². The highest BCUT2D eigenvalue weighted by molar-refractivity contribution is 8.00. The van der Waals surface area contributed by atoms with Crippen molar-refractivity contribution in [1.82, 2.24) is 15.0 Å². The van der Waals surface area contributed by atoms with Gasteiger partial charge in [0.2, 0.25) is 0 Å². The summed E-state index contributed by atoms with van der Waals surface area (Å²) in [6.45, 7) is 1.84. The zero-order valence-electron chi connectivity index (χ0n) is 16.4. The summed E-state index contributed by atoms with van der Waals surface area (Å²) >= 11 is 7.65. The molecule has 0 saturated heterocycles. The summed E-state index contributed by atoms with van der Waals surface area (Å²) < 4.78 is 22.1. The van der Waals surface area contributed by atoms with Gasteiger partial charge in [0.25, 0.3) is 0 Å². The van der Waals surface area contributed by atoms with Crippen LogP contribution in [0.4, 0.5) is 10.1 Å². The Balaban J connectivity index is 1.57. The van der Waals surface area contributed by atoms with Crippen LogP contribution in [0.15, 0.2) is 57.1 Å². The van der Waals surface area contributed by atoms with E-state index in [0.29, 0.717) is 32.4 Å². The summed E-state index contributed by atoms with van der Waals surface area (Å²) in [7, 11) is 1.41. The van der Waals surface area contributed by atoms with Crippen molar-refractivity contribution in [1.29, 1.82) is 0 Å². The fraction of sp³-hybridized carbons (Fsp3) is 0.0952. The molecule has 0 atom stereocenters. The van der Waals surface area contributed by atoms with Crippen molar-refractivity contribution in [2.45, 2.75) is 11.9 Å². The molecule has 0 spiro atoms. The summed E-state index contributed by atoms with van der Waals surface area (Å²) in [4.78, 5) is 32.4. The topological polar surface area (TPSA) is 99.9 Å². The molecular weight excluding hydrogens is 443 g/mol. The monoisotopic (exact) mass is 458 g/mol. The van der Waals surface area contributed by atoms with Crippen LogP contribution in [-0.2, 0) is 0 Å². The molecule has 10 heteroatoms. The van der Waals surface area contributed by atoms with Crippen molar-refractivity contribution >= 4 is 40.4 Å². The number of ether oxygens (including phenoxy) is 1. The van der Waals surface area contributed by atoms with Gasteiger partial charge in [-0.25, -0.2) is 9.37 Å². The normalized spacial score (nSPS) is 11.0. The zero-order valence-corrected chi connectivity index (χ0v) is 18.0. The maximum Gasteiger partial charge on any atom is 0.315 e. The molecule has 4 aromatic rings. The zero-order chi connectivity index (χ0) is 22.1. The van der Waals surface area contributed by atoms with Crippen molar-refractivity contribution in [2.75, 3.05) is 11.8 Å². The van der Waals surface area contributed by atoms with Gasteiger partial charge >= 0.3 is 11.1 Å². The summed E-state index contributed by atoms with van der Waals surface area (Å²) in [6, 6.07) is 11.7. The first kappa shape index (κ1) is 21.0. The molecule has 0 saturated carbocycles. The van der Waals surface area contributed by atoms with E-state index in [-0.39, 0.29) is 11.4 Å². The number of methoxy groups -OCH3 is 1. The smallest absolute Gasteiger partial charge is 0.315 e. The number of aromatic nitrogens is 3. The Morgan fingerprint density at radius 3 is 2.58 bits per heavy atom. The van der Waals surface area contributed by atoms with Crippen molar-refractivity contribution in [3.63, 3.8) is 0 Å². The molecule has 0 bridgehead atoms. The van der Waals surface area contributed by atoms with E-state index in [4.69, 9.17) is 16.3 Å². The fourth-order valence-corrected chi connectivity index (χ4v) is 3.98. The number of hydrogen-bond acceptors (Lipinski definition) is 6. The largest absolute Gasteiger partial charge is 0.494 e. The van der Waals surface area contributed by atoms with Gasteiger partial charge in [-0.15, -0.1) is 0 Å². The minimum absolute atomic E-state index is 0.165. The predicted molar refractivity (Wildman–Crippen MR) is 121 cm³/mol. The second kappa shape index (κ2) is 8.44. The van der Waals surface area contributed by atoms with Gasteiger partial charge in [0.05, 0.1) is 17.6 Å². The summed E-state index contributed by atoms with van der Waals surface area (Å²) in [5, 5.41) is 1.06. The molecule has 0 aliphatic rings. The van der Waals surface area contributed by atoms with E-state index in [0.717, 1.165) is 5.56 Å². The molecule has 7 nitrogen and oxygen atoms in total. The van der Waals surface area contributed by atoms with E-state index in [2.05, 4.69) is 19.7 Å². The number of H-pyrrole nitrogens is 2. The SMILES string of the molecule is COc1ccc(-c2ccc(NSc3nc4[nH]c(=O)c(=O)[nH]c4cc3C)cc2Cl)cc1F. The maximum absolute atomic E-state index is 14.0. The highest BCUT2D eigenvalue weighted by atomic mass is 35.5. The lowest BCUT2D eigenvalue weighted by Crippen LogP contribution is -2.29. The standard InChI is InChI=1S/C21H16ClFN4O3S/c1-10-7-16-18(25-20(29)19(28)24-16)26-21(10)31-27-12-4-5-13(14(22)9-12)11-3-6-17(30-2)15(23)8-11/h3-9,27H,1-2H3,(H,24,28)(H,25,26,29). The molecule has 4 rings (SSSR count). The highest BCUT2D eigenvalue weighted by Gasteiger charge is 2.11. The number of anilines is 1. The Labute approximate surface area is 184 Å². The lowest BCUT2D eigenvalue weighted by Gasteiger charge is -2.11. The average Bonchev–Trinajstić information content (AvgIpc) is 2.73. The van der Waals surface area contributed by atoms with Crippen LogP contribution in [0.1, 0.15) is 5.56 Å². The lowest BCUT2D eigenvalue weighted by molar-refractivity contribution is 0.386. The molecule has 0 aliphatic heterocycles. The third kappa shape index (κ3) is 4.28. The molecule has 2 aromatic carbocycles. The van der Waals surface area contributed by atoms with Crippen LogP contribution < -0.4 is 20.6 Å². The van der Waals surface area contributed by atoms with Gasteiger partial charge in [0.15, 0.2) is 17.2 Å². The van der Waals surface area contributed by atoms with Gasteiger partial charge < -0.3 is 19.4 Å². The lowest BCUT2D eigenvalue weighted by atomic mass is 10.0. The number of benzene rings is 2. The molecule has 3 N–H and O–H groups in total. The number of aryl methyl sites for hydroxylation is 1. The Kier molecular flexibility index (Phi) is 5.71. The predicted octanol–water partition coefficient (Wildman–Crippen LogP) is 4.51. The van der Waals surface area contributed by atoms with Gasteiger partial charge in [0.1, 0.15) is 5.03 Å². The Hall–Kier alpha value is -3.30. The third-order valence-corrected chi connectivity index (χ3v) is 5.81. The Morgan fingerprint density at radius 2 is 1.87 bits per heavy atom. The van der Waals surface area contributed by atoms with Crippen LogP contribution in [0.2, 0.25) is 5.02 Å². The molecule has 2 aromatic heterocycles. The number of pyridine rings is 1. The van der Waals surface area contributed by atoms with Crippen molar-refractivity contribution in [2.24, 2.45) is 0 Å². The highest BCUT2D eigenvalue weighted by Crippen LogP contribution is 2.34. The minimum atomic E-state index is -0.759. The summed E-state index contributed by atoms with van der Waals surface area (Å²) in [5.41, 5.74) is 2.09. The molecule has 158 valence electrons. The van der Waals surface area contributed by atoms with Crippen molar-refractivity contribution in [3.8, 4) is 16.9 Å². The first-order valence-corrected chi connectivity index (χ1v) is 10.3. The first-order valence-electron chi connectivity index (χ1n) is 9.06. The van der Waals surface area contributed by atoms with Gasteiger partial charge in [-0.2, -0.15) is 0 Å². The van der Waals surface area contributed by atoms with Crippen LogP contribution >= 0.6 is 23.5 Å². The number of halogens is 2. The second-order valence-corrected chi connectivity index (χ2v) is 7.87. The van der Waals surface area contributed by atoms with E-state index < -0.39 is 16.9 Å². The number of fused-ring (bicyclic) bond motifs is 1. The van der Waals surface area contributed by atoms with E-state index in [1.165, 1.54) is 25.1 Å². The molecule has 0 aliphatic carbocycles. The first-order chi connectivity index (χ1) is 14.9. The fourth-order valence-electron chi connectivity index (χ4n) is 2.99. The van der Waals surface area contributed by atoms with E-state index >= 15 is 0 Å². The molecule has 31 heavy (non-hydrogen) atoms. The van der Waals surface area contributed by atoms with Gasteiger partial charge in [-0.05, 0) is 48.4 Å². The molecule has 0 radical (unpaired) electrons. The number of rotatable bonds is 5. The van der Waals surface area contributed by atoms with Crippen molar-refractivity contribution in [3.05, 3.63) is 79.6 Å². The second-order valence-electron chi connectivity index (χ2n) is 6.66.